The zero-order chi connectivity index (χ0) is 10.9. The van der Waals surface area contributed by atoms with Gasteiger partial charge in [-0.1, -0.05) is 30.3 Å². The van der Waals surface area contributed by atoms with Gasteiger partial charge in [0.1, 0.15) is 0 Å². The minimum Gasteiger partial charge on any atom is -0.326 e. The van der Waals surface area contributed by atoms with Gasteiger partial charge in [-0.3, -0.25) is 4.57 Å². The maximum Gasteiger partial charge on any atom is 0.335 e. The van der Waals surface area contributed by atoms with Gasteiger partial charge in [0.25, 0.3) is 0 Å². The second-order valence-corrected chi connectivity index (χ2v) is 5.79. The molecule has 3 atom stereocenters. The first-order chi connectivity index (χ1) is 7.09. The number of nitrogens with two attached hydrogens (primary N) is 1. The van der Waals surface area contributed by atoms with Crippen LogP contribution >= 0.6 is 7.60 Å². The summed E-state index contributed by atoms with van der Waals surface area (Å²) in [5, 5.41) is 0. The molecule has 1 fully saturated rings. The van der Waals surface area contributed by atoms with Crippen molar-refractivity contribution in [1.29, 1.82) is 0 Å². The first-order valence-corrected chi connectivity index (χ1v) is 6.52. The van der Waals surface area contributed by atoms with Crippen molar-refractivity contribution in [3.8, 4) is 0 Å². The predicted molar refractivity (Wildman–Crippen MR) is 57.6 cm³/mol. The second-order valence-electron chi connectivity index (χ2n) is 3.78. The summed E-state index contributed by atoms with van der Waals surface area (Å²) in [5.41, 5.74) is 6.06. The summed E-state index contributed by atoms with van der Waals surface area (Å²) in [6.45, 7) is 0.164. The van der Waals surface area contributed by atoms with E-state index in [2.05, 4.69) is 0 Å². The lowest BCUT2D eigenvalue weighted by Crippen LogP contribution is -2.32. The van der Waals surface area contributed by atoms with Crippen molar-refractivity contribution in [3.05, 3.63) is 35.9 Å². The summed E-state index contributed by atoms with van der Waals surface area (Å²) in [6, 6.07) is 9.05. The van der Waals surface area contributed by atoms with E-state index in [0.717, 1.165) is 5.56 Å². The highest BCUT2D eigenvalue weighted by molar-refractivity contribution is 7.53. The molecule has 0 bridgehead atoms. The lowest BCUT2D eigenvalue weighted by Gasteiger charge is -2.31. The monoisotopic (exact) mass is 227 g/mol. The quantitative estimate of drug-likeness (QED) is 0.715. The highest BCUT2D eigenvalue weighted by Gasteiger charge is 2.39. The van der Waals surface area contributed by atoms with E-state index < -0.39 is 13.3 Å². The largest absolute Gasteiger partial charge is 0.335 e. The van der Waals surface area contributed by atoms with Crippen molar-refractivity contribution in [1.82, 2.24) is 0 Å². The maximum absolute atomic E-state index is 11.8. The van der Waals surface area contributed by atoms with Gasteiger partial charge >= 0.3 is 7.60 Å². The molecule has 15 heavy (non-hydrogen) atoms. The molecule has 82 valence electrons. The Morgan fingerprint density at radius 1 is 1.40 bits per heavy atom. The van der Waals surface area contributed by atoms with Crippen molar-refractivity contribution >= 4 is 7.60 Å². The summed E-state index contributed by atoms with van der Waals surface area (Å²) in [7, 11) is -3.54. The van der Waals surface area contributed by atoms with Crippen LogP contribution in [0.15, 0.2) is 30.3 Å². The molecule has 0 saturated carbocycles. The molecule has 1 saturated heterocycles. The van der Waals surface area contributed by atoms with Gasteiger partial charge in [0.05, 0.1) is 12.3 Å². The topological polar surface area (TPSA) is 72.5 Å². The van der Waals surface area contributed by atoms with Gasteiger partial charge in [-0.25, -0.2) is 0 Å². The lowest BCUT2D eigenvalue weighted by atomic mass is 10.1. The third kappa shape index (κ3) is 2.29. The first-order valence-electron chi connectivity index (χ1n) is 4.87. The Balaban J connectivity index is 2.30. The smallest absolute Gasteiger partial charge is 0.326 e. The molecule has 0 amide bonds. The van der Waals surface area contributed by atoms with Gasteiger partial charge in [0.15, 0.2) is 0 Å². The van der Waals surface area contributed by atoms with E-state index in [1.165, 1.54) is 0 Å². The Kier molecular flexibility index (Phi) is 2.94. The van der Waals surface area contributed by atoms with Crippen molar-refractivity contribution in [2.24, 2.45) is 5.73 Å². The van der Waals surface area contributed by atoms with Gasteiger partial charge in [-0.15, -0.1) is 0 Å². The molecule has 1 unspecified atom stereocenters. The van der Waals surface area contributed by atoms with Crippen molar-refractivity contribution in [2.75, 3.05) is 6.61 Å². The number of hydrogen-bond donors (Lipinski definition) is 2. The Hall–Kier alpha value is -0.670. The highest BCUT2D eigenvalue weighted by Crippen LogP contribution is 2.60. The molecule has 4 nitrogen and oxygen atoms in total. The standard InChI is InChI=1S/C10H14NO3P/c11-9-6-10(15(12,13)14-7-9)8-4-2-1-3-5-8/h1-5,9-10H,6-7,11H2,(H,12,13)/t9-,10+/m1/s1. The van der Waals surface area contributed by atoms with Crippen LogP contribution in [0.3, 0.4) is 0 Å². The van der Waals surface area contributed by atoms with E-state index in [1.807, 2.05) is 30.3 Å². The molecule has 1 aromatic rings. The molecule has 5 heteroatoms. The van der Waals surface area contributed by atoms with Crippen molar-refractivity contribution in [2.45, 2.75) is 18.1 Å². The Morgan fingerprint density at radius 3 is 2.73 bits per heavy atom. The minimum absolute atomic E-state index is 0.163. The van der Waals surface area contributed by atoms with Gasteiger partial charge in [-0.2, -0.15) is 0 Å². The fraction of sp³-hybridized carbons (Fsp3) is 0.400. The third-order valence-electron chi connectivity index (χ3n) is 2.58. The van der Waals surface area contributed by atoms with Crippen molar-refractivity contribution in [3.63, 3.8) is 0 Å². The predicted octanol–water partition coefficient (Wildman–Crippen LogP) is 1.66. The Labute approximate surface area is 88.6 Å². The molecule has 0 aromatic heterocycles. The highest BCUT2D eigenvalue weighted by atomic mass is 31.2. The summed E-state index contributed by atoms with van der Waals surface area (Å²) in [4.78, 5) is 9.68. The van der Waals surface area contributed by atoms with Crippen LogP contribution in [0.25, 0.3) is 0 Å². The van der Waals surface area contributed by atoms with Gasteiger partial charge in [0, 0.05) is 6.04 Å². The normalized spacial score (nSPS) is 36.4. The Bertz CT molecular complexity index is 382. The SMILES string of the molecule is N[C@H]1COP(=O)(O)[C@H](c2ccccc2)C1. The molecule has 1 aromatic carbocycles. The molecular weight excluding hydrogens is 213 g/mol. The lowest BCUT2D eigenvalue weighted by molar-refractivity contribution is 0.201. The van der Waals surface area contributed by atoms with E-state index in [4.69, 9.17) is 10.3 Å². The van der Waals surface area contributed by atoms with Crippen LogP contribution in [0, 0.1) is 0 Å². The second kappa shape index (κ2) is 4.06. The molecule has 1 heterocycles. The zero-order valence-corrected chi connectivity index (χ0v) is 9.14. The van der Waals surface area contributed by atoms with Crippen LogP contribution in [0.2, 0.25) is 0 Å². The van der Waals surface area contributed by atoms with E-state index in [-0.39, 0.29) is 12.6 Å². The van der Waals surface area contributed by atoms with Crippen LogP contribution in [-0.2, 0) is 9.09 Å². The summed E-state index contributed by atoms with van der Waals surface area (Å²) < 4.78 is 16.7. The summed E-state index contributed by atoms with van der Waals surface area (Å²) in [6.07, 6.45) is 0.498. The van der Waals surface area contributed by atoms with Crippen LogP contribution < -0.4 is 5.73 Å². The van der Waals surface area contributed by atoms with Crippen LogP contribution in [-0.4, -0.2) is 17.5 Å². The minimum atomic E-state index is -3.54. The molecule has 2 rings (SSSR count). The zero-order valence-electron chi connectivity index (χ0n) is 8.24. The fourth-order valence-electron chi connectivity index (χ4n) is 1.78. The average molecular weight is 227 g/mol. The fourth-order valence-corrected chi connectivity index (χ4v) is 3.45. The van der Waals surface area contributed by atoms with Gasteiger partial charge in [0.2, 0.25) is 0 Å². The van der Waals surface area contributed by atoms with Crippen LogP contribution in [0.5, 0.6) is 0 Å². The van der Waals surface area contributed by atoms with E-state index in [0.29, 0.717) is 6.42 Å². The van der Waals surface area contributed by atoms with Crippen LogP contribution in [0.4, 0.5) is 0 Å². The molecular formula is C10H14NO3P. The van der Waals surface area contributed by atoms with Gasteiger partial charge < -0.3 is 15.2 Å². The Morgan fingerprint density at radius 2 is 2.07 bits per heavy atom. The van der Waals surface area contributed by atoms with E-state index >= 15 is 0 Å². The molecule has 1 aliphatic heterocycles. The number of rotatable bonds is 1. The molecule has 0 radical (unpaired) electrons. The molecule has 3 N–H and O–H groups in total. The average Bonchev–Trinajstić information content (AvgIpc) is 2.23. The summed E-state index contributed by atoms with van der Waals surface area (Å²) in [5.74, 6) is 0. The third-order valence-corrected chi connectivity index (χ3v) is 4.39. The number of hydrogen-bond acceptors (Lipinski definition) is 3. The molecule has 1 aliphatic rings. The van der Waals surface area contributed by atoms with Crippen molar-refractivity contribution < 1.29 is 14.0 Å². The van der Waals surface area contributed by atoms with E-state index in [1.54, 1.807) is 0 Å². The summed E-state index contributed by atoms with van der Waals surface area (Å²) >= 11 is 0. The number of benzene rings is 1. The molecule has 0 spiro atoms. The maximum atomic E-state index is 11.8. The van der Waals surface area contributed by atoms with E-state index in [9.17, 15) is 9.46 Å². The first kappa shape index (κ1) is 10.8. The van der Waals surface area contributed by atoms with Gasteiger partial charge in [-0.05, 0) is 12.0 Å². The van der Waals surface area contributed by atoms with Crippen LogP contribution in [0.1, 0.15) is 17.6 Å². The molecule has 0 aliphatic carbocycles.